The van der Waals surface area contributed by atoms with Gasteiger partial charge in [-0.1, -0.05) is 42.5 Å². The maximum absolute atomic E-state index is 13.8. The fourth-order valence-electron chi connectivity index (χ4n) is 4.64. The van der Waals surface area contributed by atoms with E-state index >= 15 is 0 Å². The van der Waals surface area contributed by atoms with Gasteiger partial charge in [0.1, 0.15) is 11.9 Å². The van der Waals surface area contributed by atoms with Crippen LogP contribution in [0.5, 0.6) is 0 Å². The number of hydrogen-bond donors (Lipinski definition) is 4. The number of hydrogen-bond acceptors (Lipinski definition) is 5. The summed E-state index contributed by atoms with van der Waals surface area (Å²) in [4.78, 5) is 47.5. The first-order chi connectivity index (χ1) is 18.4. The van der Waals surface area contributed by atoms with Crippen molar-refractivity contribution in [3.05, 3.63) is 95.3 Å². The number of imidazole rings is 1. The first-order valence-electron chi connectivity index (χ1n) is 12.6. The lowest BCUT2D eigenvalue weighted by Gasteiger charge is -2.23. The van der Waals surface area contributed by atoms with Crippen molar-refractivity contribution < 1.29 is 19.5 Å². The number of carbonyl (C=O) groups excluding carboxylic acids is 2. The molecular weight excluding hydrogens is 482 g/mol. The molecule has 4 aromatic rings. The van der Waals surface area contributed by atoms with Gasteiger partial charge in [0.2, 0.25) is 5.91 Å². The van der Waals surface area contributed by atoms with Crippen molar-refractivity contribution >= 4 is 34.5 Å². The van der Waals surface area contributed by atoms with E-state index in [2.05, 4.69) is 20.6 Å². The van der Waals surface area contributed by atoms with Crippen molar-refractivity contribution in [3.63, 3.8) is 0 Å². The fourth-order valence-corrected chi connectivity index (χ4v) is 4.64. The predicted octanol–water partition coefficient (Wildman–Crippen LogP) is 3.58. The topological polar surface area (TPSA) is 127 Å². The summed E-state index contributed by atoms with van der Waals surface area (Å²) < 4.78 is 0. The average Bonchev–Trinajstić information content (AvgIpc) is 3.27. The maximum Gasteiger partial charge on any atom is 0.308 e. The number of fused-ring (bicyclic) bond motifs is 2. The summed E-state index contributed by atoms with van der Waals surface area (Å²) in [6.45, 7) is 2.48. The van der Waals surface area contributed by atoms with Crippen LogP contribution in [-0.4, -0.2) is 50.3 Å². The van der Waals surface area contributed by atoms with E-state index in [1.54, 1.807) is 23.1 Å². The summed E-state index contributed by atoms with van der Waals surface area (Å²) >= 11 is 0. The largest absolute Gasteiger partial charge is 0.481 e. The average molecular weight is 512 g/mol. The Labute approximate surface area is 219 Å². The second-order valence-corrected chi connectivity index (χ2v) is 9.50. The Morgan fingerprint density at radius 3 is 2.61 bits per heavy atom. The number of anilines is 1. The second kappa shape index (κ2) is 10.8. The van der Waals surface area contributed by atoms with Gasteiger partial charge in [-0.25, -0.2) is 4.98 Å². The highest BCUT2D eigenvalue weighted by atomic mass is 16.4. The molecule has 1 aliphatic heterocycles. The summed E-state index contributed by atoms with van der Waals surface area (Å²) in [5.41, 5.74) is 4.71. The minimum absolute atomic E-state index is 0.157. The number of nitrogens with one attached hydrogen (secondary N) is 3. The molecule has 194 valence electrons. The lowest BCUT2D eigenvalue weighted by atomic mass is 10.0. The molecule has 5 rings (SSSR count). The van der Waals surface area contributed by atoms with Gasteiger partial charge in [0.05, 0.1) is 23.5 Å². The number of amides is 2. The zero-order valence-corrected chi connectivity index (χ0v) is 21.0. The number of aromatic nitrogens is 2. The number of nitrogens with zero attached hydrogens (tertiary/aromatic N) is 2. The van der Waals surface area contributed by atoms with E-state index in [4.69, 9.17) is 0 Å². The third-order valence-corrected chi connectivity index (χ3v) is 6.87. The highest BCUT2D eigenvalue weighted by molar-refractivity contribution is 5.96. The predicted molar refractivity (Wildman–Crippen MR) is 143 cm³/mol. The van der Waals surface area contributed by atoms with Crippen LogP contribution < -0.4 is 10.6 Å². The zero-order chi connectivity index (χ0) is 26.6. The van der Waals surface area contributed by atoms with Gasteiger partial charge in [0, 0.05) is 24.3 Å². The summed E-state index contributed by atoms with van der Waals surface area (Å²) in [5, 5.41) is 15.2. The first-order valence-corrected chi connectivity index (χ1v) is 12.6. The molecule has 2 atom stereocenters. The van der Waals surface area contributed by atoms with E-state index in [0.717, 1.165) is 22.2 Å². The van der Waals surface area contributed by atoms with Gasteiger partial charge in [0.25, 0.3) is 5.91 Å². The highest BCUT2D eigenvalue weighted by Gasteiger charge is 2.32. The van der Waals surface area contributed by atoms with Crippen LogP contribution >= 0.6 is 0 Å². The van der Waals surface area contributed by atoms with Crippen LogP contribution in [0.2, 0.25) is 0 Å². The Kier molecular flexibility index (Phi) is 7.08. The Morgan fingerprint density at radius 1 is 1.08 bits per heavy atom. The third kappa shape index (κ3) is 5.36. The van der Waals surface area contributed by atoms with E-state index in [1.165, 1.54) is 6.92 Å². The number of para-hydroxylation sites is 2. The number of H-pyrrole nitrogens is 1. The number of carboxylic acids is 1. The van der Waals surface area contributed by atoms with E-state index < -0.39 is 23.8 Å². The molecule has 0 spiro atoms. The van der Waals surface area contributed by atoms with E-state index in [9.17, 15) is 19.5 Å². The van der Waals surface area contributed by atoms with Crippen LogP contribution in [0.1, 0.15) is 34.2 Å². The van der Waals surface area contributed by atoms with E-state index in [0.29, 0.717) is 36.6 Å². The molecule has 4 N–H and O–H groups in total. The number of benzene rings is 3. The molecule has 0 saturated heterocycles. The summed E-state index contributed by atoms with van der Waals surface area (Å²) in [6, 6.07) is 22.0. The fraction of sp³-hybridized carbons (Fsp3) is 0.241. The molecule has 2 heterocycles. The van der Waals surface area contributed by atoms with Gasteiger partial charge in [-0.15, -0.1) is 0 Å². The van der Waals surface area contributed by atoms with Crippen molar-refractivity contribution in [3.8, 4) is 0 Å². The Hall–Kier alpha value is -4.66. The molecular formula is C29H29N5O4. The molecule has 1 aliphatic rings. The summed E-state index contributed by atoms with van der Waals surface area (Å²) in [5.74, 6) is -1.83. The van der Waals surface area contributed by atoms with Crippen LogP contribution in [0.4, 0.5) is 5.69 Å². The SMILES string of the molecule is CC(C(=O)O)C1Nc2ccc(C(=O)N(CCc3ccccc3)Cc3nc4ccccc4[nH]3)cc2CNC1=O. The van der Waals surface area contributed by atoms with Gasteiger partial charge < -0.3 is 25.6 Å². The van der Waals surface area contributed by atoms with Gasteiger partial charge in [0.15, 0.2) is 0 Å². The molecule has 38 heavy (non-hydrogen) atoms. The first kappa shape index (κ1) is 25.0. The number of carbonyl (C=O) groups is 3. The molecule has 3 aromatic carbocycles. The highest BCUT2D eigenvalue weighted by Crippen LogP contribution is 2.25. The van der Waals surface area contributed by atoms with Crippen LogP contribution in [0.3, 0.4) is 0 Å². The minimum Gasteiger partial charge on any atom is -0.481 e. The van der Waals surface area contributed by atoms with Crippen LogP contribution in [0.25, 0.3) is 11.0 Å². The van der Waals surface area contributed by atoms with Crippen molar-refractivity contribution in [1.82, 2.24) is 20.2 Å². The molecule has 0 aliphatic carbocycles. The smallest absolute Gasteiger partial charge is 0.308 e. The van der Waals surface area contributed by atoms with Crippen molar-refractivity contribution in [2.45, 2.75) is 32.5 Å². The Balaban J connectivity index is 1.40. The summed E-state index contributed by atoms with van der Waals surface area (Å²) in [7, 11) is 0. The molecule has 1 aromatic heterocycles. The second-order valence-electron chi connectivity index (χ2n) is 9.50. The lowest BCUT2D eigenvalue weighted by molar-refractivity contribution is -0.143. The molecule has 2 amide bonds. The quantitative estimate of drug-likeness (QED) is 0.286. The number of aromatic amines is 1. The minimum atomic E-state index is -1.06. The molecule has 9 heteroatoms. The van der Waals surface area contributed by atoms with Crippen LogP contribution in [0.15, 0.2) is 72.8 Å². The van der Waals surface area contributed by atoms with E-state index in [1.807, 2.05) is 54.6 Å². The van der Waals surface area contributed by atoms with Gasteiger partial charge in [-0.3, -0.25) is 14.4 Å². The zero-order valence-electron chi connectivity index (χ0n) is 21.0. The van der Waals surface area contributed by atoms with Crippen LogP contribution in [0, 0.1) is 5.92 Å². The van der Waals surface area contributed by atoms with Crippen molar-refractivity contribution in [1.29, 1.82) is 0 Å². The molecule has 0 bridgehead atoms. The van der Waals surface area contributed by atoms with Gasteiger partial charge in [-0.2, -0.15) is 0 Å². The Bertz CT molecular complexity index is 1450. The molecule has 9 nitrogen and oxygen atoms in total. The van der Waals surface area contributed by atoms with Crippen molar-refractivity contribution in [2.24, 2.45) is 5.92 Å². The number of aliphatic carboxylic acids is 1. The molecule has 2 unspecified atom stereocenters. The monoisotopic (exact) mass is 511 g/mol. The summed E-state index contributed by atoms with van der Waals surface area (Å²) in [6.07, 6.45) is 0.685. The van der Waals surface area contributed by atoms with Crippen molar-refractivity contribution in [2.75, 3.05) is 11.9 Å². The molecule has 0 saturated carbocycles. The van der Waals surface area contributed by atoms with Gasteiger partial charge in [-0.05, 0) is 54.8 Å². The maximum atomic E-state index is 13.8. The number of rotatable bonds is 8. The van der Waals surface area contributed by atoms with E-state index in [-0.39, 0.29) is 12.5 Å². The normalized spacial score (nSPS) is 15.6. The Morgan fingerprint density at radius 2 is 1.84 bits per heavy atom. The van der Waals surface area contributed by atoms with Gasteiger partial charge >= 0.3 is 5.97 Å². The lowest BCUT2D eigenvalue weighted by Crippen LogP contribution is -2.44. The third-order valence-electron chi connectivity index (χ3n) is 6.87. The molecule has 0 fully saturated rings. The van der Waals surface area contributed by atoms with Crippen LogP contribution in [-0.2, 0) is 29.1 Å². The standard InChI is InChI=1S/C29H29N5O4/c1-18(29(37)38)26-27(35)30-16-21-15-20(11-12-22(21)33-26)28(36)34(14-13-19-7-3-2-4-8-19)17-25-31-23-9-5-6-10-24(23)32-25/h2-12,15,18,26,33H,13-14,16-17H2,1H3,(H,30,35)(H,31,32)(H,37,38). The number of carboxylic acid groups (broad SMARTS) is 1. The molecule has 0 radical (unpaired) electrons.